The number of rotatable bonds is 34. The summed E-state index contributed by atoms with van der Waals surface area (Å²) in [6, 6.07) is 0. The maximum absolute atomic E-state index is 12.5. The monoisotopic (exact) mass is 1650 g/mol. The van der Waals surface area contributed by atoms with E-state index in [0.29, 0.717) is 119 Å². The Labute approximate surface area is 635 Å². The number of nitrogens with one attached hydrogen (secondary N) is 5. The predicted molar refractivity (Wildman–Crippen MR) is 401 cm³/mol. The van der Waals surface area contributed by atoms with Gasteiger partial charge < -0.3 is 63.8 Å². The Morgan fingerprint density at radius 1 is 0.645 bits per heavy atom. The van der Waals surface area contributed by atoms with Crippen molar-refractivity contribution in [1.29, 1.82) is 0 Å². The van der Waals surface area contributed by atoms with Crippen molar-refractivity contribution in [2.75, 3.05) is 65.2 Å². The Balaban J connectivity index is 0.000000235. The molecule has 0 radical (unpaired) electrons. The second-order valence-corrected chi connectivity index (χ2v) is 37.3. The quantitative estimate of drug-likeness (QED) is 0.0170. The van der Waals surface area contributed by atoms with Gasteiger partial charge in [0.2, 0.25) is 11.8 Å². The Bertz CT molecular complexity index is 4980. The molecule has 4 saturated heterocycles. The Hall–Kier alpha value is -7.96. The number of ether oxygens (including phenoxy) is 6. The minimum atomic E-state index is -4.65. The van der Waals surface area contributed by atoms with Crippen molar-refractivity contribution in [3.8, 4) is 35.5 Å². The minimum absolute atomic E-state index is 0.0333. The van der Waals surface area contributed by atoms with E-state index in [9.17, 15) is 62.1 Å². The van der Waals surface area contributed by atoms with Crippen LogP contribution in [0.25, 0.3) is 11.2 Å². The number of nitrogens with zero attached hydrogens (tertiary/aromatic N) is 13. The molecule has 40 nitrogen and oxygen atoms in total. The van der Waals surface area contributed by atoms with Gasteiger partial charge in [-0.3, -0.25) is 70.9 Å². The molecular weight excluding hydrogens is 1580 g/mol. The van der Waals surface area contributed by atoms with Gasteiger partial charge >= 0.3 is 17.1 Å². The second kappa shape index (κ2) is 42.1. The van der Waals surface area contributed by atoms with Crippen molar-refractivity contribution < 1.29 is 70.8 Å². The van der Waals surface area contributed by atoms with Crippen molar-refractivity contribution in [2.45, 2.75) is 158 Å². The molecule has 110 heavy (non-hydrogen) atoms. The first kappa shape index (κ1) is 84.5. The van der Waals surface area contributed by atoms with Gasteiger partial charge in [0.05, 0.1) is 75.0 Å². The van der Waals surface area contributed by atoms with E-state index in [1.807, 2.05) is 0 Å². The number of aromatic amines is 3. The highest BCUT2D eigenvalue weighted by atomic mass is 32.4. The first-order valence-corrected chi connectivity index (χ1v) is 45.7. The highest BCUT2D eigenvalue weighted by Gasteiger charge is 2.39. The number of nitrogens with two attached hydrogens (primary N) is 1. The number of carbonyl (C=O) groups is 2. The molecule has 0 aliphatic carbocycles. The van der Waals surface area contributed by atoms with E-state index >= 15 is 0 Å². The van der Waals surface area contributed by atoms with E-state index in [0.717, 1.165) is 31.6 Å². The topological polar surface area (TPSA) is 522 Å². The molecule has 588 valence electrons. The van der Waals surface area contributed by atoms with E-state index in [1.54, 1.807) is 17.0 Å². The molecule has 15 atom stereocenters. The molecule has 7 unspecified atom stereocenters. The highest BCUT2D eigenvalue weighted by Crippen LogP contribution is 2.49. The number of carbonyl (C=O) groups excluding carboxylic acids is 2. The molecule has 0 aromatic carbocycles. The lowest BCUT2D eigenvalue weighted by atomic mass is 10.1. The first-order valence-electron chi connectivity index (χ1n) is 34.5. The maximum Gasteiger partial charge on any atom is 0.330 e. The summed E-state index contributed by atoms with van der Waals surface area (Å²) < 4.78 is 86.8. The van der Waals surface area contributed by atoms with Crippen LogP contribution in [0.1, 0.15) is 124 Å². The SMILES string of the molecule is COC1C[C@H](n2cc(C#CCCCCc3cn(CC(=O)NCC#Cc4cn([C@H]5CC[C@@H](CPPP=O)O5)c(=O)[nH]c4=O)nn3)c(=O)[nH]c2=O)O[C@@H]1CO.COC1C[C@H](n2cnc3c(N)ncnc32)O[C@@H]1COP(=O)([O-])OCCCCc1cn(CC(=O)NCC#Cc2cn([C@H]3CC[C@@H](CPPP=O)O3)c(=O)[nH]c2=O)nn1. The van der Waals surface area contributed by atoms with Gasteiger partial charge in [-0.1, -0.05) is 62.5 Å². The van der Waals surface area contributed by atoms with Crippen LogP contribution in [0.4, 0.5) is 5.82 Å². The fourth-order valence-electron chi connectivity index (χ4n) is 12.0. The highest BCUT2D eigenvalue weighted by molar-refractivity contribution is 8.40. The number of unbranched alkanes of at least 4 members (excludes halogenated alkanes) is 3. The number of aromatic nitrogens is 16. The van der Waals surface area contributed by atoms with Crippen molar-refractivity contribution in [3.63, 3.8) is 0 Å². The number of hydrogen-bond acceptors (Lipinski definition) is 29. The number of phosphoric acid groups is 1. The van der Waals surface area contributed by atoms with E-state index in [4.69, 9.17) is 43.2 Å². The largest absolute Gasteiger partial charge is 0.756 e. The van der Waals surface area contributed by atoms with Gasteiger partial charge in [-0.05, 0) is 92.4 Å². The van der Waals surface area contributed by atoms with E-state index < -0.39 is 90.7 Å². The van der Waals surface area contributed by atoms with E-state index in [1.165, 1.54) is 68.5 Å². The van der Waals surface area contributed by atoms with Crippen molar-refractivity contribution >= 4 is 85.4 Å². The van der Waals surface area contributed by atoms with E-state index in [2.05, 4.69) is 96.7 Å². The summed E-state index contributed by atoms with van der Waals surface area (Å²) in [6.45, 7) is -1.02. The van der Waals surface area contributed by atoms with E-state index in [-0.39, 0.29) is 109 Å². The van der Waals surface area contributed by atoms with Gasteiger partial charge in [-0.2, -0.15) is 0 Å². The molecule has 4 aliphatic rings. The molecule has 0 spiro atoms. The normalized spacial score (nSPS) is 21.7. The zero-order chi connectivity index (χ0) is 78.1. The number of methoxy groups -OCH3 is 2. The summed E-state index contributed by atoms with van der Waals surface area (Å²) in [6.07, 6.45) is 14.5. The average molecular weight is 1660 g/mol. The number of fused-ring (bicyclic) bond motifs is 1. The van der Waals surface area contributed by atoms with Crippen molar-refractivity contribution in [3.05, 3.63) is 134 Å². The van der Waals surface area contributed by atoms with Gasteiger partial charge in [0, 0.05) is 64.5 Å². The summed E-state index contributed by atoms with van der Waals surface area (Å²) in [5.41, 5.74) is 4.60. The third-order valence-corrected chi connectivity index (χ3v) is 27.4. The predicted octanol–water partition coefficient (Wildman–Crippen LogP) is 1.36. The molecule has 11 rings (SSSR count). The van der Waals surface area contributed by atoms with Crippen LogP contribution in [0, 0.1) is 35.5 Å². The average Bonchev–Trinajstić information content (AvgIpc) is 1.62. The first-order chi connectivity index (χ1) is 53.2. The molecule has 7 aromatic heterocycles. The lowest BCUT2D eigenvalue weighted by Gasteiger charge is -2.25. The lowest BCUT2D eigenvalue weighted by molar-refractivity contribution is -0.228. The molecule has 4 aliphatic heterocycles. The summed E-state index contributed by atoms with van der Waals surface area (Å²) in [5, 5.41) is 30.9. The third-order valence-electron chi connectivity index (χ3n) is 17.4. The fraction of sp³-hybridized carbons (Fsp3) is 0.540. The van der Waals surface area contributed by atoms with Crippen molar-refractivity contribution in [1.82, 2.24) is 88.8 Å². The lowest BCUT2D eigenvalue weighted by Crippen LogP contribution is -2.33. The maximum atomic E-state index is 12.5. The van der Waals surface area contributed by atoms with Gasteiger partial charge in [0.15, 0.2) is 27.8 Å². The third kappa shape index (κ3) is 24.3. The summed E-state index contributed by atoms with van der Waals surface area (Å²) in [7, 11) is 0.338. The Kier molecular flexibility index (Phi) is 32.3. The number of hydrogen-bond donors (Lipinski definition) is 7. The second-order valence-electron chi connectivity index (χ2n) is 24.9. The van der Waals surface area contributed by atoms with Crippen LogP contribution >= 0.6 is 56.6 Å². The summed E-state index contributed by atoms with van der Waals surface area (Å²) >= 11 is 0. The minimum Gasteiger partial charge on any atom is -0.756 e. The van der Waals surface area contributed by atoms with Crippen LogP contribution < -0.4 is 55.0 Å². The number of nitrogen functional groups attached to an aromatic ring is 1. The standard InChI is InChI=1S/C32H39N8O10P3.C31H41N11O11P4/c1-48-24-13-28(50-25(24)18-41)40-15-20(29(43)35-32(40)46)7-4-2-3-5-9-22-16-38(37-36-22)17-26(42)33-12-6-8-21-14-39(31(45)34-30(21)44)27-11-10-23(49-27)19-51-53-52-47;1-49-22-11-26(42-18-36-27-28(32)34-17-35-29(27)42)53-23(22)15-51-57(47,48)50-10-3-2-6-20-13-40(39-38-20)14-24(43)33-9-4-5-19-12-41(31(45)37-30(19)44)25-8-7-21(52-25)16-54-56-55-46/h14-16,23-25,27-28,41,51,53H,2-3,5,9-13,17-19H2,1H3,(H,33,42)(H,34,44,45)(H,35,43,46);12-13,17-18,21-23,25-26,54,56H,2-3,6-11,14-16H2,1H3,(H,33,43)(H,47,48)(H2,32,34,35)(H,37,44,45)/p-1/t23-,24?,25+,27+,28+;21-,22?,23+,25+,26+/m00/s1. The van der Waals surface area contributed by atoms with Crippen LogP contribution in [0.3, 0.4) is 0 Å². The molecule has 0 saturated carbocycles. The number of H-pyrrole nitrogens is 3. The van der Waals surface area contributed by atoms with Crippen LogP contribution in [-0.2, 0) is 86.7 Å². The van der Waals surface area contributed by atoms with Crippen LogP contribution in [0.5, 0.6) is 0 Å². The van der Waals surface area contributed by atoms with Crippen LogP contribution in [0.15, 0.2) is 72.4 Å². The zero-order valence-electron chi connectivity index (χ0n) is 59.2. The molecule has 47 heteroatoms. The van der Waals surface area contributed by atoms with Crippen LogP contribution in [-0.4, -0.2) is 191 Å². The van der Waals surface area contributed by atoms with Gasteiger partial charge in [0.1, 0.15) is 78.7 Å². The fourth-order valence-corrected chi connectivity index (χ4v) is 19.2. The van der Waals surface area contributed by atoms with Crippen LogP contribution in [0.2, 0.25) is 0 Å². The Morgan fingerprint density at radius 3 is 1.65 bits per heavy atom. The number of phosphoric ester groups is 1. The molecule has 7 aromatic rings. The summed E-state index contributed by atoms with van der Waals surface area (Å²) in [4.78, 5) is 131. The van der Waals surface area contributed by atoms with Gasteiger partial charge in [-0.25, -0.2) is 38.7 Å². The smallest absolute Gasteiger partial charge is 0.330 e. The molecule has 8 N–H and O–H groups in total. The molecule has 2 amide bonds. The molecular formula is C63H79N19O21P7-. The number of imidazole rings is 1. The van der Waals surface area contributed by atoms with Crippen molar-refractivity contribution in [2.24, 2.45) is 0 Å². The molecule has 4 fully saturated rings. The van der Waals surface area contributed by atoms with Gasteiger partial charge in [-0.15, -0.1) is 10.2 Å². The summed E-state index contributed by atoms with van der Waals surface area (Å²) in [5.74, 6) is 16.1. The van der Waals surface area contributed by atoms with Gasteiger partial charge in [0.25, 0.3) is 24.5 Å². The molecule has 0 bridgehead atoms. The zero-order valence-corrected chi connectivity index (χ0v) is 65.9. The number of amides is 2. The number of aryl methyl sites for hydroxylation is 2. The number of anilines is 1. The number of aliphatic hydroxyl groups is 1. The Morgan fingerprint density at radius 2 is 1.14 bits per heavy atom. The number of aliphatic hydroxyl groups excluding tert-OH is 1. The molecule has 11 heterocycles.